The Balaban J connectivity index is 0.798. The lowest BCUT2D eigenvalue weighted by molar-refractivity contribution is 0.492. The van der Waals surface area contributed by atoms with E-state index in [0.29, 0.717) is 23.6 Å². The minimum absolute atomic E-state index is 0.0634. The van der Waals surface area contributed by atoms with Gasteiger partial charge in [-0.3, -0.25) is 9.98 Å². The molecule has 0 saturated carbocycles. The highest BCUT2D eigenvalue weighted by molar-refractivity contribution is 6.12. The summed E-state index contributed by atoms with van der Waals surface area (Å²) in [6.45, 7) is 2.15. The summed E-state index contributed by atoms with van der Waals surface area (Å²) in [5.74, 6) is 0.741. The number of hydrogen-bond donors (Lipinski definition) is 2. The van der Waals surface area contributed by atoms with Crippen molar-refractivity contribution < 1.29 is 0 Å². The summed E-state index contributed by atoms with van der Waals surface area (Å²) in [5, 5.41) is 5.18. The van der Waals surface area contributed by atoms with Gasteiger partial charge in [-0.25, -0.2) is 0 Å². The van der Waals surface area contributed by atoms with Crippen LogP contribution in [0.25, 0.3) is 28.4 Å². The first-order valence-corrected chi connectivity index (χ1v) is 27.0. The monoisotopic (exact) mass is 975 g/mol. The van der Waals surface area contributed by atoms with Crippen LogP contribution in [-0.4, -0.2) is 22.0 Å². The lowest BCUT2D eigenvalue weighted by atomic mass is 9.75. The quantitative estimate of drug-likeness (QED) is 0.100. The third-order valence-electron chi connectivity index (χ3n) is 16.3. The summed E-state index contributed by atoms with van der Waals surface area (Å²) in [4.78, 5) is 13.3. The van der Waals surface area contributed by atoms with Gasteiger partial charge in [0.1, 0.15) is 6.17 Å². The number of para-hydroxylation sites is 2. The van der Waals surface area contributed by atoms with E-state index in [-0.39, 0.29) is 12.2 Å². The van der Waals surface area contributed by atoms with Gasteiger partial charge in [-0.2, -0.15) is 0 Å². The number of anilines is 1. The Morgan fingerprint density at radius 1 is 0.773 bits per heavy atom. The zero-order valence-corrected chi connectivity index (χ0v) is 42.6. The van der Waals surface area contributed by atoms with Crippen LogP contribution in [0.5, 0.6) is 0 Å². The first kappa shape index (κ1) is 46.3. The first-order valence-electron chi connectivity index (χ1n) is 27.0. The number of benzene rings is 6. The van der Waals surface area contributed by atoms with Crippen LogP contribution >= 0.6 is 0 Å². The molecule has 0 radical (unpaired) electrons. The maximum Gasteiger partial charge on any atom is 0.145 e. The molecular formula is C69H62N6. The average Bonchev–Trinajstić information content (AvgIpc) is 4.05. The summed E-state index contributed by atoms with van der Waals surface area (Å²) in [7, 11) is 0. The Kier molecular flexibility index (Phi) is 12.4. The Morgan fingerprint density at radius 3 is 2.39 bits per heavy atom. The van der Waals surface area contributed by atoms with E-state index in [1.165, 1.54) is 55.8 Å². The van der Waals surface area contributed by atoms with E-state index >= 15 is 0 Å². The molecule has 6 heteroatoms. The summed E-state index contributed by atoms with van der Waals surface area (Å²) in [5.41, 5.74) is 28.3. The molecule has 1 aromatic heterocycles. The van der Waals surface area contributed by atoms with Gasteiger partial charge in [0, 0.05) is 63.0 Å². The molecule has 0 amide bonds. The van der Waals surface area contributed by atoms with Crippen molar-refractivity contribution in [3.63, 3.8) is 0 Å². The zero-order valence-electron chi connectivity index (χ0n) is 42.6. The average molecular weight is 975 g/mol. The summed E-state index contributed by atoms with van der Waals surface area (Å²) >= 11 is 0. The van der Waals surface area contributed by atoms with Crippen molar-refractivity contribution in [2.24, 2.45) is 21.6 Å². The maximum atomic E-state index is 6.83. The van der Waals surface area contributed by atoms with Crippen molar-refractivity contribution in [1.82, 2.24) is 9.88 Å². The number of hydrogen-bond acceptors (Lipinski definition) is 5. The molecule has 5 unspecified atom stereocenters. The van der Waals surface area contributed by atoms with E-state index < -0.39 is 0 Å². The van der Waals surface area contributed by atoms with Crippen LogP contribution in [0.1, 0.15) is 103 Å². The summed E-state index contributed by atoms with van der Waals surface area (Å²) in [6.07, 6.45) is 30.4. The van der Waals surface area contributed by atoms with Gasteiger partial charge in [0.15, 0.2) is 0 Å². The highest BCUT2D eigenvalue weighted by Gasteiger charge is 2.43. The van der Waals surface area contributed by atoms with Crippen LogP contribution in [0.3, 0.4) is 0 Å². The molecule has 0 spiro atoms. The predicted molar refractivity (Wildman–Crippen MR) is 312 cm³/mol. The van der Waals surface area contributed by atoms with E-state index in [1.807, 2.05) is 24.3 Å². The van der Waals surface area contributed by atoms with Crippen molar-refractivity contribution >= 4 is 39.8 Å². The second kappa shape index (κ2) is 20.1. The minimum atomic E-state index is -0.139. The van der Waals surface area contributed by atoms with Crippen molar-refractivity contribution in [1.29, 1.82) is 0 Å². The molecule has 0 bridgehead atoms. The van der Waals surface area contributed by atoms with Gasteiger partial charge in [0.25, 0.3) is 0 Å². The van der Waals surface area contributed by atoms with Crippen molar-refractivity contribution in [3.8, 4) is 5.69 Å². The lowest BCUT2D eigenvalue weighted by Crippen LogP contribution is -2.36. The smallest absolute Gasteiger partial charge is 0.145 e. The Bertz CT molecular complexity index is 3650. The van der Waals surface area contributed by atoms with E-state index in [1.54, 1.807) is 5.57 Å². The van der Waals surface area contributed by atoms with Gasteiger partial charge in [-0.1, -0.05) is 182 Å². The number of aromatic nitrogens is 1. The maximum absolute atomic E-state index is 6.83. The molecule has 5 atom stereocenters. The van der Waals surface area contributed by atoms with Crippen LogP contribution in [0.2, 0.25) is 0 Å². The minimum Gasteiger partial charge on any atom is -0.398 e. The molecule has 4 aliphatic carbocycles. The molecule has 368 valence electrons. The summed E-state index contributed by atoms with van der Waals surface area (Å²) in [6, 6.07) is 58.7. The summed E-state index contributed by atoms with van der Waals surface area (Å²) < 4.78 is 2.46. The van der Waals surface area contributed by atoms with Crippen molar-refractivity contribution in [3.05, 3.63) is 286 Å². The second-order valence-corrected chi connectivity index (χ2v) is 20.8. The van der Waals surface area contributed by atoms with E-state index in [4.69, 9.17) is 15.7 Å². The zero-order chi connectivity index (χ0) is 50.2. The fraction of sp³-hybridized carbons (Fsp3) is 0.188. The molecule has 2 aliphatic heterocycles. The number of fused-ring (bicyclic) bond motifs is 6. The molecule has 13 rings (SSSR count). The molecular weight excluding hydrogens is 913 g/mol. The number of allylic oxidation sites excluding steroid dienone is 11. The molecule has 6 nitrogen and oxygen atoms in total. The number of nitrogens with one attached hydrogen (secondary N) is 1. The third-order valence-corrected chi connectivity index (χ3v) is 16.3. The van der Waals surface area contributed by atoms with Gasteiger partial charge >= 0.3 is 0 Å². The number of nitrogens with two attached hydrogens (primary N) is 1. The standard InChI is InChI=1S/C69H62N6/c1-46(47-20-6-2-7-21-47)71-62(44-61(70)48-22-8-3-9-23-48)53-28-18-30-55(40-53)74-65-34-16-14-32-57(65)59-42-51(36-38-67(59)74)52-37-39-68-60(43-52)58-33-15-17-35-66(58)75(68)56-31-19-29-54(41-56)64-45-63(49-24-10-4-11-25-49)72-69(73-64)50-26-12-5-13-27-50/h2-10,12-18,20-24,26-30,32-38,40-41,44-46,51,60,68-69,73H,11,19,25,31,39,42-43,70H2,1H3/b61-44-,71-62?. The van der Waals surface area contributed by atoms with E-state index in [9.17, 15) is 0 Å². The first-order chi connectivity index (χ1) is 37.0. The molecule has 6 aliphatic rings. The SMILES string of the molecule is CC(N=C(/C=C(\N)c1ccccc1)c1cccc(-n2c3c(c4ccccc42)CC(C2=CCC4C(C2)c2ccccc2N4C2=CC(C4=CC(C5=CC=CCC5)=NC(c5ccccc5)N4)=CCC2)C=C3)c1)c1ccccc1. The van der Waals surface area contributed by atoms with E-state index in [2.05, 4.69) is 222 Å². The van der Waals surface area contributed by atoms with Crippen LogP contribution in [0.15, 0.2) is 257 Å². The van der Waals surface area contributed by atoms with E-state index in [0.717, 1.165) is 84.4 Å². The molecule has 3 heterocycles. The molecule has 0 fully saturated rings. The van der Waals surface area contributed by atoms with Gasteiger partial charge < -0.3 is 20.5 Å². The fourth-order valence-corrected chi connectivity index (χ4v) is 12.6. The Morgan fingerprint density at radius 2 is 1.55 bits per heavy atom. The topological polar surface area (TPSA) is 70.9 Å². The van der Waals surface area contributed by atoms with Gasteiger partial charge in [-0.05, 0) is 139 Å². The Hall–Kier alpha value is -8.48. The number of rotatable bonds is 11. The molecule has 7 aromatic rings. The number of aliphatic imine (C=N–C) groups is 2. The predicted octanol–water partition coefficient (Wildman–Crippen LogP) is 15.6. The van der Waals surface area contributed by atoms with Crippen LogP contribution in [0.4, 0.5) is 5.69 Å². The van der Waals surface area contributed by atoms with Crippen molar-refractivity contribution in [2.75, 3.05) is 4.90 Å². The van der Waals surface area contributed by atoms with Gasteiger partial charge in [0.05, 0.1) is 23.0 Å². The van der Waals surface area contributed by atoms with Gasteiger partial charge in [-0.15, -0.1) is 0 Å². The van der Waals surface area contributed by atoms with Crippen LogP contribution in [-0.2, 0) is 6.42 Å². The third kappa shape index (κ3) is 8.99. The molecule has 0 saturated heterocycles. The molecule has 3 N–H and O–H groups in total. The normalized spacial score (nSPS) is 21.6. The highest BCUT2D eigenvalue weighted by atomic mass is 15.2. The fourth-order valence-electron chi connectivity index (χ4n) is 12.6. The Labute approximate surface area is 441 Å². The second-order valence-electron chi connectivity index (χ2n) is 20.8. The van der Waals surface area contributed by atoms with Gasteiger partial charge in [0.2, 0.25) is 0 Å². The van der Waals surface area contributed by atoms with Crippen LogP contribution < -0.4 is 16.0 Å². The number of nitrogens with zero attached hydrogens (tertiary/aromatic N) is 4. The molecule has 75 heavy (non-hydrogen) atoms. The molecule has 6 aromatic carbocycles. The highest BCUT2D eigenvalue weighted by Crippen LogP contribution is 2.52. The van der Waals surface area contributed by atoms with Crippen LogP contribution in [0, 0.1) is 5.92 Å². The lowest BCUT2D eigenvalue weighted by Gasteiger charge is -2.37. The largest absolute Gasteiger partial charge is 0.398 e. The van der Waals surface area contributed by atoms with Crippen molar-refractivity contribution in [2.45, 2.75) is 76.0 Å².